The molecule has 5 heteroatoms. The Bertz CT molecular complexity index is 628. The van der Waals surface area contributed by atoms with Crippen LogP contribution in [0.15, 0.2) is 48.5 Å². The summed E-state index contributed by atoms with van der Waals surface area (Å²) in [5.74, 6) is 0.592. The average molecular weight is 320 g/mol. The van der Waals surface area contributed by atoms with Gasteiger partial charge in [0.25, 0.3) is 0 Å². The standard InChI is InChI=1S/C17H18ClNO3/c1-22-13-8-6-12(7-9-13)10-17(21)19-11-16(20)14-4-2-3-5-15(14)18/h2-9,16,20H,10-11H2,1H3,(H,19,21). The van der Waals surface area contributed by atoms with Crippen molar-refractivity contribution in [2.45, 2.75) is 12.5 Å². The predicted molar refractivity (Wildman–Crippen MR) is 86.1 cm³/mol. The highest BCUT2D eigenvalue weighted by molar-refractivity contribution is 6.31. The van der Waals surface area contributed by atoms with E-state index in [1.165, 1.54) is 0 Å². The summed E-state index contributed by atoms with van der Waals surface area (Å²) in [6, 6.07) is 14.3. The summed E-state index contributed by atoms with van der Waals surface area (Å²) >= 11 is 6.01. The van der Waals surface area contributed by atoms with Gasteiger partial charge in [-0.2, -0.15) is 0 Å². The molecule has 0 spiro atoms. The zero-order chi connectivity index (χ0) is 15.9. The lowest BCUT2D eigenvalue weighted by Crippen LogP contribution is -2.29. The molecular weight excluding hydrogens is 302 g/mol. The first-order valence-electron chi connectivity index (χ1n) is 6.92. The van der Waals surface area contributed by atoms with Crippen LogP contribution in [0.5, 0.6) is 5.75 Å². The van der Waals surface area contributed by atoms with Gasteiger partial charge in [-0.05, 0) is 23.8 Å². The number of carbonyl (C=O) groups is 1. The van der Waals surface area contributed by atoms with Crippen LogP contribution in [-0.4, -0.2) is 24.7 Å². The molecule has 2 N–H and O–H groups in total. The SMILES string of the molecule is COc1ccc(CC(=O)NCC(O)c2ccccc2Cl)cc1. The minimum atomic E-state index is -0.825. The number of methoxy groups -OCH3 is 1. The van der Waals surface area contributed by atoms with Gasteiger partial charge in [0.05, 0.1) is 19.6 Å². The Hall–Kier alpha value is -2.04. The molecule has 0 aliphatic carbocycles. The van der Waals surface area contributed by atoms with Gasteiger partial charge in [0, 0.05) is 17.1 Å². The van der Waals surface area contributed by atoms with Crippen LogP contribution in [0, 0.1) is 0 Å². The van der Waals surface area contributed by atoms with Crippen LogP contribution in [0.3, 0.4) is 0 Å². The second-order valence-corrected chi connectivity index (χ2v) is 5.27. The minimum Gasteiger partial charge on any atom is -0.497 e. The van der Waals surface area contributed by atoms with Gasteiger partial charge in [0.2, 0.25) is 5.91 Å². The van der Waals surface area contributed by atoms with Crippen LogP contribution < -0.4 is 10.1 Å². The summed E-state index contributed by atoms with van der Waals surface area (Å²) in [5, 5.41) is 13.3. The largest absolute Gasteiger partial charge is 0.497 e. The van der Waals surface area contributed by atoms with Crippen LogP contribution in [-0.2, 0) is 11.2 Å². The van der Waals surface area contributed by atoms with Crippen LogP contribution >= 0.6 is 11.6 Å². The molecule has 0 aliphatic rings. The number of aliphatic hydroxyl groups is 1. The van der Waals surface area contributed by atoms with Crippen molar-refractivity contribution in [3.63, 3.8) is 0 Å². The first kappa shape index (κ1) is 16.3. The summed E-state index contributed by atoms with van der Waals surface area (Å²) in [7, 11) is 1.60. The van der Waals surface area contributed by atoms with Crippen molar-refractivity contribution in [1.29, 1.82) is 0 Å². The third kappa shape index (κ3) is 4.48. The molecule has 0 heterocycles. The van der Waals surface area contributed by atoms with E-state index < -0.39 is 6.10 Å². The molecule has 4 nitrogen and oxygen atoms in total. The fraction of sp³-hybridized carbons (Fsp3) is 0.235. The molecule has 0 radical (unpaired) electrons. The van der Waals surface area contributed by atoms with E-state index in [0.29, 0.717) is 10.6 Å². The average Bonchev–Trinajstić information content (AvgIpc) is 2.54. The van der Waals surface area contributed by atoms with Gasteiger partial charge in [-0.15, -0.1) is 0 Å². The number of ether oxygens (including phenoxy) is 1. The Morgan fingerprint density at radius 2 is 1.91 bits per heavy atom. The maximum Gasteiger partial charge on any atom is 0.224 e. The lowest BCUT2D eigenvalue weighted by atomic mass is 10.1. The van der Waals surface area contributed by atoms with E-state index in [1.54, 1.807) is 43.5 Å². The van der Waals surface area contributed by atoms with Crippen molar-refractivity contribution >= 4 is 17.5 Å². The van der Waals surface area contributed by atoms with Crippen LogP contribution in [0.25, 0.3) is 0 Å². The van der Waals surface area contributed by atoms with Gasteiger partial charge < -0.3 is 15.2 Å². The second kappa shape index (κ2) is 7.82. The van der Waals surface area contributed by atoms with E-state index >= 15 is 0 Å². The quantitative estimate of drug-likeness (QED) is 0.860. The normalized spacial score (nSPS) is 11.8. The van der Waals surface area contributed by atoms with Crippen LogP contribution in [0.4, 0.5) is 0 Å². The number of hydrogen-bond donors (Lipinski definition) is 2. The van der Waals surface area contributed by atoms with E-state index in [1.807, 2.05) is 12.1 Å². The topological polar surface area (TPSA) is 58.6 Å². The number of halogens is 1. The fourth-order valence-corrected chi connectivity index (χ4v) is 2.32. The smallest absolute Gasteiger partial charge is 0.224 e. The van der Waals surface area contributed by atoms with Gasteiger partial charge in [-0.1, -0.05) is 41.9 Å². The van der Waals surface area contributed by atoms with E-state index in [-0.39, 0.29) is 18.9 Å². The molecule has 0 fully saturated rings. The Balaban J connectivity index is 1.85. The summed E-state index contributed by atoms with van der Waals surface area (Å²) < 4.78 is 5.07. The molecule has 0 saturated carbocycles. The minimum absolute atomic E-state index is 0.124. The second-order valence-electron chi connectivity index (χ2n) is 4.87. The molecule has 0 bridgehead atoms. The number of benzene rings is 2. The van der Waals surface area contributed by atoms with Crippen LogP contribution in [0.1, 0.15) is 17.2 Å². The van der Waals surface area contributed by atoms with Crippen molar-refractivity contribution in [3.8, 4) is 5.75 Å². The number of amides is 1. The molecule has 2 aromatic rings. The number of hydrogen-bond acceptors (Lipinski definition) is 3. The van der Waals surface area contributed by atoms with Gasteiger partial charge in [-0.25, -0.2) is 0 Å². The summed E-state index contributed by atoms with van der Waals surface area (Å²) in [5.41, 5.74) is 1.49. The molecule has 22 heavy (non-hydrogen) atoms. The summed E-state index contributed by atoms with van der Waals surface area (Å²) in [4.78, 5) is 11.9. The molecule has 0 aliphatic heterocycles. The number of carbonyl (C=O) groups excluding carboxylic acids is 1. The molecular formula is C17H18ClNO3. The van der Waals surface area contributed by atoms with Gasteiger partial charge >= 0.3 is 0 Å². The number of aliphatic hydroxyl groups excluding tert-OH is 1. The van der Waals surface area contributed by atoms with Gasteiger partial charge in [0.15, 0.2) is 0 Å². The third-order valence-corrected chi connectivity index (χ3v) is 3.62. The molecule has 0 saturated heterocycles. The van der Waals surface area contributed by atoms with E-state index in [9.17, 15) is 9.90 Å². The molecule has 1 atom stereocenters. The van der Waals surface area contributed by atoms with E-state index in [4.69, 9.17) is 16.3 Å². The maximum atomic E-state index is 11.9. The molecule has 1 amide bonds. The molecule has 116 valence electrons. The fourth-order valence-electron chi connectivity index (χ4n) is 2.06. The predicted octanol–water partition coefficient (Wildman–Crippen LogP) is 2.74. The first-order valence-corrected chi connectivity index (χ1v) is 7.30. The zero-order valence-electron chi connectivity index (χ0n) is 12.3. The van der Waals surface area contributed by atoms with Crippen molar-refractivity contribution in [3.05, 3.63) is 64.7 Å². The monoisotopic (exact) mass is 319 g/mol. The lowest BCUT2D eigenvalue weighted by molar-refractivity contribution is -0.120. The Morgan fingerprint density at radius 1 is 1.23 bits per heavy atom. The van der Waals surface area contributed by atoms with Gasteiger partial charge in [0.1, 0.15) is 5.75 Å². The molecule has 2 rings (SSSR count). The molecule has 2 aromatic carbocycles. The highest BCUT2D eigenvalue weighted by Gasteiger charge is 2.12. The van der Waals surface area contributed by atoms with Gasteiger partial charge in [-0.3, -0.25) is 4.79 Å². The lowest BCUT2D eigenvalue weighted by Gasteiger charge is -2.13. The Kier molecular flexibility index (Phi) is 5.81. The van der Waals surface area contributed by atoms with Crippen molar-refractivity contribution < 1.29 is 14.6 Å². The Labute approximate surface area is 134 Å². The summed E-state index contributed by atoms with van der Waals surface area (Å²) in [6.45, 7) is 0.124. The highest BCUT2D eigenvalue weighted by Crippen LogP contribution is 2.21. The molecule has 0 aromatic heterocycles. The Morgan fingerprint density at radius 3 is 2.55 bits per heavy atom. The van der Waals surface area contributed by atoms with Crippen molar-refractivity contribution in [2.75, 3.05) is 13.7 Å². The zero-order valence-corrected chi connectivity index (χ0v) is 13.0. The van der Waals surface area contributed by atoms with Crippen molar-refractivity contribution in [2.24, 2.45) is 0 Å². The first-order chi connectivity index (χ1) is 10.6. The molecule has 1 unspecified atom stereocenters. The van der Waals surface area contributed by atoms with Crippen LogP contribution in [0.2, 0.25) is 5.02 Å². The van der Waals surface area contributed by atoms with E-state index in [2.05, 4.69) is 5.32 Å². The number of nitrogens with one attached hydrogen (secondary N) is 1. The number of rotatable bonds is 6. The maximum absolute atomic E-state index is 11.9. The van der Waals surface area contributed by atoms with E-state index in [0.717, 1.165) is 11.3 Å². The third-order valence-electron chi connectivity index (χ3n) is 3.28. The highest BCUT2D eigenvalue weighted by atomic mass is 35.5. The summed E-state index contributed by atoms with van der Waals surface area (Å²) in [6.07, 6.45) is -0.576. The van der Waals surface area contributed by atoms with Crippen molar-refractivity contribution in [1.82, 2.24) is 5.32 Å².